The molecule has 0 aliphatic carbocycles. The van der Waals surface area contributed by atoms with Crippen LogP contribution in [0.5, 0.6) is 5.75 Å². The summed E-state index contributed by atoms with van der Waals surface area (Å²) in [5.74, 6) is 0.447. The maximum atomic E-state index is 12.9. The third-order valence-electron chi connectivity index (χ3n) is 5.13. The lowest BCUT2D eigenvalue weighted by Gasteiger charge is -2.20. The van der Waals surface area contributed by atoms with Crippen molar-refractivity contribution in [3.63, 3.8) is 0 Å². The lowest BCUT2D eigenvalue weighted by Crippen LogP contribution is -2.28. The molecular formula is C24H26N2O4S. The zero-order valence-corrected chi connectivity index (χ0v) is 18.8. The molecular weight excluding hydrogens is 412 g/mol. The molecule has 0 spiro atoms. The average Bonchev–Trinajstić information content (AvgIpc) is 2.78. The largest absolute Gasteiger partial charge is 0.496 e. The van der Waals surface area contributed by atoms with Crippen LogP contribution < -0.4 is 14.4 Å². The van der Waals surface area contributed by atoms with Crippen molar-refractivity contribution in [1.29, 1.82) is 0 Å². The molecule has 0 heterocycles. The van der Waals surface area contributed by atoms with Crippen LogP contribution in [0, 0.1) is 6.92 Å². The molecule has 0 radical (unpaired) electrons. The molecule has 0 bridgehead atoms. The quantitative estimate of drug-likeness (QED) is 0.596. The zero-order chi connectivity index (χ0) is 22.6. The van der Waals surface area contributed by atoms with E-state index in [1.165, 1.54) is 11.4 Å². The Kier molecular flexibility index (Phi) is 6.65. The monoisotopic (exact) mass is 438 g/mol. The number of para-hydroxylation sites is 1. The summed E-state index contributed by atoms with van der Waals surface area (Å²) in [5.41, 5.74) is 2.76. The molecule has 1 amide bonds. The van der Waals surface area contributed by atoms with E-state index in [4.69, 9.17) is 4.74 Å². The van der Waals surface area contributed by atoms with Gasteiger partial charge in [0.25, 0.3) is 15.9 Å². The average molecular weight is 439 g/mol. The van der Waals surface area contributed by atoms with Gasteiger partial charge in [0.15, 0.2) is 0 Å². The van der Waals surface area contributed by atoms with Crippen LogP contribution in [0.4, 0.5) is 5.69 Å². The fraction of sp³-hybridized carbons (Fsp3) is 0.208. The van der Waals surface area contributed by atoms with Gasteiger partial charge in [0, 0.05) is 18.2 Å². The molecule has 3 rings (SSSR count). The second kappa shape index (κ2) is 9.22. The minimum Gasteiger partial charge on any atom is -0.496 e. The predicted octanol–water partition coefficient (Wildman–Crippen LogP) is 4.32. The van der Waals surface area contributed by atoms with Gasteiger partial charge in [-0.3, -0.25) is 9.10 Å². The van der Waals surface area contributed by atoms with Crippen LogP contribution >= 0.6 is 0 Å². The summed E-state index contributed by atoms with van der Waals surface area (Å²) in [6.45, 7) is 3.78. The number of benzene rings is 3. The van der Waals surface area contributed by atoms with E-state index in [-0.39, 0.29) is 16.8 Å². The third-order valence-corrected chi connectivity index (χ3v) is 6.93. The molecule has 162 valence electrons. The number of ether oxygens (including phenoxy) is 1. The van der Waals surface area contributed by atoms with Crippen molar-refractivity contribution in [3.05, 3.63) is 89.5 Å². The Labute approximate surface area is 183 Å². The summed E-state index contributed by atoms with van der Waals surface area (Å²) < 4.78 is 32.3. The minimum atomic E-state index is -3.69. The lowest BCUT2D eigenvalue weighted by atomic mass is 10.1. The van der Waals surface area contributed by atoms with Crippen molar-refractivity contribution in [2.45, 2.75) is 24.8 Å². The summed E-state index contributed by atoms with van der Waals surface area (Å²) in [7, 11) is -0.601. The fourth-order valence-corrected chi connectivity index (χ4v) is 4.41. The number of nitrogens with zero attached hydrogens (tertiary/aromatic N) is 1. The highest BCUT2D eigenvalue weighted by Crippen LogP contribution is 2.25. The Morgan fingerprint density at radius 2 is 1.58 bits per heavy atom. The number of carbonyl (C=O) groups is 1. The van der Waals surface area contributed by atoms with Crippen molar-refractivity contribution in [3.8, 4) is 5.75 Å². The van der Waals surface area contributed by atoms with Crippen LogP contribution in [0.25, 0.3) is 0 Å². The van der Waals surface area contributed by atoms with E-state index in [2.05, 4.69) is 5.32 Å². The molecule has 0 unspecified atom stereocenters. The lowest BCUT2D eigenvalue weighted by molar-refractivity contribution is 0.0939. The SMILES string of the molecule is COc1ccccc1[C@H](C)NC(=O)c1ccc(N(C)S(=O)(=O)c2ccc(C)cc2)cc1. The molecule has 1 atom stereocenters. The first-order valence-corrected chi connectivity index (χ1v) is 11.3. The number of hydrogen-bond acceptors (Lipinski definition) is 4. The zero-order valence-electron chi connectivity index (χ0n) is 18.0. The molecule has 0 aromatic heterocycles. The highest BCUT2D eigenvalue weighted by molar-refractivity contribution is 7.92. The summed E-state index contributed by atoms with van der Waals surface area (Å²) in [5, 5.41) is 2.95. The van der Waals surface area contributed by atoms with Gasteiger partial charge in [0.1, 0.15) is 5.75 Å². The Morgan fingerprint density at radius 1 is 0.968 bits per heavy atom. The van der Waals surface area contributed by atoms with Crippen molar-refractivity contribution < 1.29 is 17.9 Å². The summed E-state index contributed by atoms with van der Waals surface area (Å²) in [6.07, 6.45) is 0. The number of sulfonamides is 1. The number of aryl methyl sites for hydroxylation is 1. The highest BCUT2D eigenvalue weighted by atomic mass is 32.2. The number of nitrogens with one attached hydrogen (secondary N) is 1. The molecule has 31 heavy (non-hydrogen) atoms. The van der Waals surface area contributed by atoms with Crippen molar-refractivity contribution in [2.24, 2.45) is 0 Å². The van der Waals surface area contributed by atoms with E-state index < -0.39 is 10.0 Å². The maximum absolute atomic E-state index is 12.9. The Morgan fingerprint density at radius 3 is 2.19 bits per heavy atom. The number of rotatable bonds is 7. The topological polar surface area (TPSA) is 75.7 Å². The summed E-state index contributed by atoms with van der Waals surface area (Å²) in [4.78, 5) is 12.9. The Hall–Kier alpha value is -3.32. The van der Waals surface area contributed by atoms with E-state index in [9.17, 15) is 13.2 Å². The van der Waals surface area contributed by atoms with Gasteiger partial charge in [-0.15, -0.1) is 0 Å². The second-order valence-electron chi connectivity index (χ2n) is 7.27. The second-order valence-corrected chi connectivity index (χ2v) is 9.24. The molecule has 7 heteroatoms. The molecule has 6 nitrogen and oxygen atoms in total. The van der Waals surface area contributed by atoms with E-state index >= 15 is 0 Å². The van der Waals surface area contributed by atoms with Gasteiger partial charge < -0.3 is 10.1 Å². The van der Waals surface area contributed by atoms with Gasteiger partial charge >= 0.3 is 0 Å². The van der Waals surface area contributed by atoms with Crippen LogP contribution in [0.15, 0.2) is 77.7 Å². The van der Waals surface area contributed by atoms with Gasteiger partial charge in [-0.05, 0) is 56.3 Å². The normalized spacial score (nSPS) is 12.1. The number of methoxy groups -OCH3 is 1. The molecule has 0 aliphatic heterocycles. The molecule has 0 aliphatic rings. The standard InChI is InChI=1S/C24H26N2O4S/c1-17-9-15-21(16-10-17)31(28,29)26(3)20-13-11-19(12-14-20)24(27)25-18(2)22-7-5-6-8-23(22)30-4/h5-16,18H,1-4H3,(H,25,27)/t18-/m0/s1. The van der Waals surface area contributed by atoms with Gasteiger partial charge in [0.05, 0.1) is 23.7 Å². The molecule has 0 saturated carbocycles. The first kappa shape index (κ1) is 22.4. The van der Waals surface area contributed by atoms with Crippen LogP contribution in [0.3, 0.4) is 0 Å². The number of hydrogen-bond donors (Lipinski definition) is 1. The Bertz CT molecular complexity index is 1160. The van der Waals surface area contributed by atoms with Gasteiger partial charge in [-0.25, -0.2) is 8.42 Å². The molecule has 1 N–H and O–H groups in total. The highest BCUT2D eigenvalue weighted by Gasteiger charge is 2.21. The van der Waals surface area contributed by atoms with E-state index in [0.29, 0.717) is 17.0 Å². The van der Waals surface area contributed by atoms with E-state index in [1.54, 1.807) is 55.6 Å². The molecule has 3 aromatic carbocycles. The van der Waals surface area contributed by atoms with Crippen molar-refractivity contribution in [2.75, 3.05) is 18.5 Å². The Balaban J connectivity index is 1.74. The first-order valence-electron chi connectivity index (χ1n) is 9.83. The van der Waals surface area contributed by atoms with Crippen LogP contribution in [0.2, 0.25) is 0 Å². The third kappa shape index (κ3) is 4.88. The minimum absolute atomic E-state index is 0.216. The molecule has 0 saturated heterocycles. The number of carbonyl (C=O) groups excluding carboxylic acids is 1. The predicted molar refractivity (Wildman–Crippen MR) is 122 cm³/mol. The fourth-order valence-electron chi connectivity index (χ4n) is 3.21. The van der Waals surface area contributed by atoms with Gasteiger partial charge in [0.2, 0.25) is 0 Å². The first-order chi connectivity index (χ1) is 14.7. The van der Waals surface area contributed by atoms with Crippen LogP contribution in [-0.2, 0) is 10.0 Å². The van der Waals surface area contributed by atoms with Gasteiger partial charge in [-0.2, -0.15) is 0 Å². The van der Waals surface area contributed by atoms with Crippen molar-refractivity contribution in [1.82, 2.24) is 5.32 Å². The van der Waals surface area contributed by atoms with E-state index in [0.717, 1.165) is 11.1 Å². The van der Waals surface area contributed by atoms with Gasteiger partial charge in [-0.1, -0.05) is 35.9 Å². The number of anilines is 1. The smallest absolute Gasteiger partial charge is 0.264 e. The maximum Gasteiger partial charge on any atom is 0.264 e. The van der Waals surface area contributed by atoms with Crippen molar-refractivity contribution >= 4 is 21.6 Å². The van der Waals surface area contributed by atoms with E-state index in [1.807, 2.05) is 38.1 Å². The summed E-state index contributed by atoms with van der Waals surface area (Å²) >= 11 is 0. The molecule has 0 fully saturated rings. The van der Waals surface area contributed by atoms with Crippen LogP contribution in [0.1, 0.15) is 34.5 Å². The summed E-state index contributed by atoms with van der Waals surface area (Å²) in [6, 6.07) is 20.4. The van der Waals surface area contributed by atoms with Crippen LogP contribution in [-0.4, -0.2) is 28.5 Å². The molecule has 3 aromatic rings. The number of amides is 1.